The van der Waals surface area contributed by atoms with Gasteiger partial charge in [-0.2, -0.15) is 13.2 Å². The summed E-state index contributed by atoms with van der Waals surface area (Å²) in [7, 11) is 0. The molecule has 20 heavy (non-hydrogen) atoms. The highest BCUT2D eigenvalue weighted by molar-refractivity contribution is 5.77. The highest BCUT2D eigenvalue weighted by Crippen LogP contribution is 2.37. The van der Waals surface area contributed by atoms with Crippen LogP contribution in [0.25, 0.3) is 0 Å². The van der Waals surface area contributed by atoms with Gasteiger partial charge in [0.15, 0.2) is 0 Å². The van der Waals surface area contributed by atoms with Crippen LogP contribution < -0.4 is 5.73 Å². The van der Waals surface area contributed by atoms with Gasteiger partial charge >= 0.3 is 6.18 Å². The van der Waals surface area contributed by atoms with Crippen LogP contribution >= 0.6 is 0 Å². The number of rotatable bonds is 3. The summed E-state index contributed by atoms with van der Waals surface area (Å²) in [4.78, 5) is 16.8. The van der Waals surface area contributed by atoms with Crippen molar-refractivity contribution in [1.82, 2.24) is 9.88 Å². The summed E-state index contributed by atoms with van der Waals surface area (Å²) in [5.74, 6) is -2.87. The van der Waals surface area contributed by atoms with E-state index in [0.29, 0.717) is 17.3 Å². The molecule has 1 amide bonds. The Bertz CT molecular complexity index is 493. The zero-order valence-corrected chi connectivity index (χ0v) is 11.2. The van der Waals surface area contributed by atoms with Crippen LogP contribution in [0, 0.1) is 25.7 Å². The van der Waals surface area contributed by atoms with Crippen LogP contribution in [0.2, 0.25) is 0 Å². The van der Waals surface area contributed by atoms with Gasteiger partial charge in [-0.3, -0.25) is 9.69 Å². The first-order valence-corrected chi connectivity index (χ1v) is 6.19. The third kappa shape index (κ3) is 2.95. The maximum absolute atomic E-state index is 12.9. The molecule has 2 heterocycles. The number of aromatic nitrogens is 1. The Morgan fingerprint density at radius 2 is 2.10 bits per heavy atom. The maximum atomic E-state index is 12.9. The molecule has 0 saturated carbocycles. The number of nitrogens with zero attached hydrogens (tertiary/aromatic N) is 2. The van der Waals surface area contributed by atoms with Gasteiger partial charge in [0.2, 0.25) is 11.8 Å². The number of hydrogen-bond donors (Lipinski definition) is 1. The van der Waals surface area contributed by atoms with Crippen molar-refractivity contribution in [2.24, 2.45) is 17.6 Å². The van der Waals surface area contributed by atoms with Crippen LogP contribution in [0.5, 0.6) is 0 Å². The fraction of sp³-hybridized carbons (Fsp3) is 0.667. The van der Waals surface area contributed by atoms with E-state index >= 15 is 0 Å². The van der Waals surface area contributed by atoms with Crippen molar-refractivity contribution in [3.8, 4) is 0 Å². The monoisotopic (exact) mass is 291 g/mol. The van der Waals surface area contributed by atoms with Gasteiger partial charge in [0.1, 0.15) is 5.76 Å². The minimum atomic E-state index is -4.43. The first-order chi connectivity index (χ1) is 9.18. The van der Waals surface area contributed by atoms with E-state index in [1.165, 1.54) is 4.90 Å². The van der Waals surface area contributed by atoms with E-state index in [1.807, 2.05) is 0 Å². The average molecular weight is 291 g/mol. The molecule has 0 unspecified atom stereocenters. The lowest BCUT2D eigenvalue weighted by atomic mass is 9.95. The van der Waals surface area contributed by atoms with Gasteiger partial charge in [0, 0.05) is 13.1 Å². The molecule has 0 spiro atoms. The molecule has 8 heteroatoms. The minimum Gasteiger partial charge on any atom is -0.444 e. The summed E-state index contributed by atoms with van der Waals surface area (Å²) in [6.45, 7) is 3.35. The van der Waals surface area contributed by atoms with E-state index in [9.17, 15) is 18.0 Å². The van der Waals surface area contributed by atoms with Gasteiger partial charge in [0.05, 0.1) is 24.1 Å². The van der Waals surface area contributed by atoms with E-state index in [1.54, 1.807) is 13.8 Å². The second-order valence-electron chi connectivity index (χ2n) is 5.10. The molecule has 2 rings (SSSR count). The van der Waals surface area contributed by atoms with Gasteiger partial charge in [-0.15, -0.1) is 0 Å². The number of alkyl halides is 3. The van der Waals surface area contributed by atoms with E-state index in [0.717, 1.165) is 0 Å². The molecule has 2 N–H and O–H groups in total. The molecule has 112 valence electrons. The SMILES string of the molecule is Cc1nc(CN2C[C@@H](C(F)(F)F)[C@H](C(N)=O)C2)oc1C. The van der Waals surface area contributed by atoms with Gasteiger partial charge in [-0.25, -0.2) is 4.98 Å². The predicted octanol–water partition coefficient (Wildman–Crippen LogP) is 1.39. The molecule has 0 bridgehead atoms. The topological polar surface area (TPSA) is 72.4 Å². The number of carbonyl (C=O) groups excluding carboxylic acids is 1. The van der Waals surface area contributed by atoms with E-state index in [-0.39, 0.29) is 19.6 Å². The summed E-state index contributed by atoms with van der Waals surface area (Å²) >= 11 is 0. The molecular weight excluding hydrogens is 275 g/mol. The number of carbonyl (C=O) groups is 1. The third-order valence-corrected chi connectivity index (χ3v) is 3.61. The Balaban J connectivity index is 2.10. The first-order valence-electron chi connectivity index (χ1n) is 6.19. The van der Waals surface area contributed by atoms with Crippen molar-refractivity contribution in [1.29, 1.82) is 0 Å². The molecule has 1 fully saturated rings. The van der Waals surface area contributed by atoms with Gasteiger partial charge in [-0.05, 0) is 13.8 Å². The smallest absolute Gasteiger partial charge is 0.393 e. The zero-order valence-electron chi connectivity index (χ0n) is 11.2. The second kappa shape index (κ2) is 5.08. The van der Waals surface area contributed by atoms with Crippen LogP contribution in [-0.4, -0.2) is 35.1 Å². The number of halogens is 3. The molecule has 1 aliphatic rings. The summed E-state index contributed by atoms with van der Waals surface area (Å²) in [5.41, 5.74) is 5.77. The number of likely N-dealkylation sites (tertiary alicyclic amines) is 1. The number of hydrogen-bond acceptors (Lipinski definition) is 4. The van der Waals surface area contributed by atoms with Crippen molar-refractivity contribution >= 4 is 5.91 Å². The highest BCUT2D eigenvalue weighted by Gasteiger charge is 2.51. The fourth-order valence-electron chi connectivity index (χ4n) is 2.43. The molecule has 1 aliphatic heterocycles. The maximum Gasteiger partial charge on any atom is 0.393 e. The molecule has 1 aromatic rings. The molecule has 0 aliphatic carbocycles. The third-order valence-electron chi connectivity index (χ3n) is 3.61. The predicted molar refractivity (Wildman–Crippen MR) is 63.5 cm³/mol. The van der Waals surface area contributed by atoms with Gasteiger partial charge in [-0.1, -0.05) is 0 Å². The van der Waals surface area contributed by atoms with Crippen LogP contribution in [0.15, 0.2) is 4.42 Å². The van der Waals surface area contributed by atoms with Crippen molar-refractivity contribution < 1.29 is 22.4 Å². The number of amides is 1. The summed E-state index contributed by atoms with van der Waals surface area (Å²) < 4.78 is 44.0. The first kappa shape index (κ1) is 14.8. The Labute approximate surface area is 113 Å². The van der Waals surface area contributed by atoms with Crippen molar-refractivity contribution in [2.45, 2.75) is 26.6 Å². The van der Waals surface area contributed by atoms with Crippen LogP contribution in [0.1, 0.15) is 17.3 Å². The van der Waals surface area contributed by atoms with Gasteiger partial charge in [0.25, 0.3) is 0 Å². The fourth-order valence-corrected chi connectivity index (χ4v) is 2.43. The molecule has 0 aromatic carbocycles. The zero-order chi connectivity index (χ0) is 15.1. The average Bonchev–Trinajstić information content (AvgIpc) is 2.84. The Morgan fingerprint density at radius 3 is 2.50 bits per heavy atom. The molecule has 5 nitrogen and oxygen atoms in total. The van der Waals surface area contributed by atoms with E-state index in [2.05, 4.69) is 4.98 Å². The molecule has 0 radical (unpaired) electrons. The van der Waals surface area contributed by atoms with E-state index < -0.39 is 23.9 Å². The summed E-state index contributed by atoms with van der Waals surface area (Å²) in [6.07, 6.45) is -4.43. The Hall–Kier alpha value is -1.57. The summed E-state index contributed by atoms with van der Waals surface area (Å²) in [6, 6.07) is 0. The van der Waals surface area contributed by atoms with Crippen molar-refractivity contribution in [3.63, 3.8) is 0 Å². The quantitative estimate of drug-likeness (QED) is 0.913. The summed E-state index contributed by atoms with van der Waals surface area (Å²) in [5, 5.41) is 0. The van der Waals surface area contributed by atoms with Crippen LogP contribution in [0.4, 0.5) is 13.2 Å². The largest absolute Gasteiger partial charge is 0.444 e. The molecule has 1 aromatic heterocycles. The van der Waals surface area contributed by atoms with Crippen molar-refractivity contribution in [3.05, 3.63) is 17.3 Å². The normalized spacial score (nSPS) is 24.2. The van der Waals surface area contributed by atoms with Crippen LogP contribution in [0.3, 0.4) is 0 Å². The number of primary amides is 1. The van der Waals surface area contributed by atoms with E-state index in [4.69, 9.17) is 10.2 Å². The lowest BCUT2D eigenvalue weighted by molar-refractivity contribution is -0.182. The van der Waals surface area contributed by atoms with Gasteiger partial charge < -0.3 is 10.2 Å². The number of nitrogens with two attached hydrogens (primary N) is 1. The lowest BCUT2D eigenvalue weighted by Crippen LogP contribution is -2.37. The second-order valence-corrected chi connectivity index (χ2v) is 5.10. The van der Waals surface area contributed by atoms with Crippen LogP contribution in [-0.2, 0) is 11.3 Å². The molecule has 1 saturated heterocycles. The number of oxazole rings is 1. The van der Waals surface area contributed by atoms with Crippen molar-refractivity contribution in [2.75, 3.05) is 13.1 Å². The standard InChI is InChI=1S/C12H16F3N3O2/c1-6-7(2)20-10(17-6)5-18-3-8(11(16)19)9(4-18)12(13,14)15/h8-9H,3-5H2,1-2H3,(H2,16,19)/t8-,9-/m1/s1. The highest BCUT2D eigenvalue weighted by atomic mass is 19.4. The lowest BCUT2D eigenvalue weighted by Gasteiger charge is -2.18. The minimum absolute atomic E-state index is 0.0278. The molecular formula is C12H16F3N3O2. The molecule has 2 atom stereocenters. The Morgan fingerprint density at radius 1 is 1.45 bits per heavy atom. The number of aryl methyl sites for hydroxylation is 2. The Kier molecular flexibility index (Phi) is 3.77.